The molecule has 390 valence electrons. The van der Waals surface area contributed by atoms with E-state index in [1.54, 1.807) is 6.08 Å². The maximum Gasteiger partial charge on any atom is 0.303 e. The molecule has 69 heavy (non-hydrogen) atoms. The van der Waals surface area contributed by atoms with Crippen LogP contribution in [0.15, 0.2) is 17.3 Å². The van der Waals surface area contributed by atoms with Crippen LogP contribution in [0.4, 0.5) is 0 Å². The standard InChI is InChI=1S/C46H72N4O19/c1-10-11-12-13-14-15-16-17-18-19-20-21-22-23-36(62-30(5)54)35(49-50-47)24-61-45-39(48-27(2)51)42(64-32(7)56)40(37(67-45)25-59-28(3)52)69-46-44(66-34(9)58)43(65-33(8)57)41(63-31(6)55)38(68-46)26-60-29(4)53/h22-23,35-46H,10-21,24-26H2,1-9H3,(H,48,51)/b23-22+/t35-,36+,37+,38+,39+,40+,41-,42+,43-,44+,45+,46-/m0/s1. The van der Waals surface area contributed by atoms with Crippen LogP contribution in [0.3, 0.4) is 0 Å². The predicted molar refractivity (Wildman–Crippen MR) is 240 cm³/mol. The highest BCUT2D eigenvalue weighted by Crippen LogP contribution is 2.35. The number of rotatable bonds is 30. The van der Waals surface area contributed by atoms with Crippen LogP contribution in [-0.4, -0.2) is 141 Å². The number of nitrogens with one attached hydrogen (secondary N) is 1. The van der Waals surface area contributed by atoms with E-state index >= 15 is 0 Å². The molecule has 0 saturated carbocycles. The second-order valence-corrected chi connectivity index (χ2v) is 16.7. The van der Waals surface area contributed by atoms with Crippen molar-refractivity contribution >= 4 is 47.7 Å². The Hall–Kier alpha value is -5.35. The summed E-state index contributed by atoms with van der Waals surface area (Å²) < 4.78 is 63.3. The first-order valence-electron chi connectivity index (χ1n) is 23.5. The van der Waals surface area contributed by atoms with E-state index in [4.69, 9.17) is 52.1 Å². The lowest BCUT2D eigenvalue weighted by molar-refractivity contribution is -0.350. The van der Waals surface area contributed by atoms with E-state index < -0.39 is 141 Å². The fraction of sp³-hybridized carbons (Fsp3) is 0.783. The average molecular weight is 985 g/mol. The average Bonchev–Trinajstić information content (AvgIpc) is 3.25. The van der Waals surface area contributed by atoms with Crippen LogP contribution in [0.25, 0.3) is 10.4 Å². The zero-order valence-electron chi connectivity index (χ0n) is 41.3. The third kappa shape index (κ3) is 23.2. The lowest BCUT2D eigenvalue weighted by atomic mass is 9.94. The molecule has 2 fully saturated rings. The van der Waals surface area contributed by atoms with Gasteiger partial charge in [0.05, 0.1) is 6.61 Å². The zero-order valence-corrected chi connectivity index (χ0v) is 41.3. The van der Waals surface area contributed by atoms with Crippen molar-refractivity contribution in [3.63, 3.8) is 0 Å². The van der Waals surface area contributed by atoms with Crippen LogP contribution in [-0.2, 0) is 90.5 Å². The number of amides is 1. The molecule has 0 aliphatic carbocycles. The first-order valence-corrected chi connectivity index (χ1v) is 23.5. The Labute approximate surface area is 403 Å². The van der Waals surface area contributed by atoms with Crippen molar-refractivity contribution in [1.82, 2.24) is 5.32 Å². The van der Waals surface area contributed by atoms with E-state index in [0.717, 1.165) is 74.1 Å². The van der Waals surface area contributed by atoms with Crippen molar-refractivity contribution in [1.29, 1.82) is 0 Å². The maximum atomic E-state index is 12.9. The SMILES string of the molecule is CCCCCCCCCCCCC/C=C/[C@@H](OC(C)=O)[C@H](CO[C@@H]1O[C@H](COC(C)=O)[C@@H](O[C@@H]2O[C@H](COC(C)=O)[C@H](OC(C)=O)[C@H](OC(C)=O)[C@H]2OC(C)=O)[C@H](OC(C)=O)[C@H]1NC(C)=O)N=[N+]=[N-]. The number of unbranched alkanes of at least 4 members (excludes halogenated alkanes) is 11. The molecule has 12 atom stereocenters. The van der Waals surface area contributed by atoms with Gasteiger partial charge in [-0.15, -0.1) is 0 Å². The molecule has 0 spiro atoms. The molecule has 2 aliphatic heterocycles. The van der Waals surface area contributed by atoms with E-state index in [2.05, 4.69) is 22.3 Å². The van der Waals surface area contributed by atoms with Crippen LogP contribution in [0.2, 0.25) is 0 Å². The molecule has 0 unspecified atom stereocenters. The fourth-order valence-corrected chi connectivity index (χ4v) is 7.76. The second-order valence-electron chi connectivity index (χ2n) is 16.7. The summed E-state index contributed by atoms with van der Waals surface area (Å²) in [5.74, 6) is -6.60. The number of carbonyl (C=O) groups excluding carboxylic acids is 8. The second kappa shape index (κ2) is 32.5. The summed E-state index contributed by atoms with van der Waals surface area (Å²) in [4.78, 5) is 103. The monoisotopic (exact) mass is 984 g/mol. The van der Waals surface area contributed by atoms with Gasteiger partial charge in [-0.25, -0.2) is 0 Å². The van der Waals surface area contributed by atoms with Gasteiger partial charge in [0.15, 0.2) is 37.0 Å². The molecular weight excluding hydrogens is 913 g/mol. The molecule has 0 bridgehead atoms. The number of hydrogen-bond acceptors (Lipinski definition) is 20. The largest absolute Gasteiger partial charge is 0.463 e. The van der Waals surface area contributed by atoms with E-state index in [-0.39, 0.29) is 0 Å². The zero-order chi connectivity index (χ0) is 51.5. The molecule has 2 heterocycles. The van der Waals surface area contributed by atoms with E-state index in [0.29, 0.717) is 6.42 Å². The first kappa shape index (κ1) is 59.8. The molecule has 1 N–H and O–H groups in total. The van der Waals surface area contributed by atoms with Crippen LogP contribution in [0.1, 0.15) is 139 Å². The summed E-state index contributed by atoms with van der Waals surface area (Å²) in [6.45, 7) is 9.10. The lowest BCUT2D eigenvalue weighted by Crippen LogP contribution is -2.69. The van der Waals surface area contributed by atoms with Crippen molar-refractivity contribution in [2.45, 2.75) is 213 Å². The minimum absolute atomic E-state index is 0.510. The smallest absolute Gasteiger partial charge is 0.303 e. The number of allylic oxidation sites excluding steroid dienone is 1. The topological polar surface area (TPSA) is 299 Å². The van der Waals surface area contributed by atoms with Gasteiger partial charge in [0.25, 0.3) is 0 Å². The van der Waals surface area contributed by atoms with Gasteiger partial charge in [-0.1, -0.05) is 82.3 Å². The Morgan fingerprint density at radius 3 is 1.57 bits per heavy atom. The summed E-state index contributed by atoms with van der Waals surface area (Å²) >= 11 is 0. The number of esters is 7. The Morgan fingerprint density at radius 1 is 0.594 bits per heavy atom. The van der Waals surface area contributed by atoms with Crippen molar-refractivity contribution in [2.24, 2.45) is 5.11 Å². The number of carbonyl (C=O) groups is 8. The third-order valence-corrected chi connectivity index (χ3v) is 10.6. The maximum absolute atomic E-state index is 12.9. The van der Waals surface area contributed by atoms with Crippen LogP contribution in [0, 0.1) is 0 Å². The lowest BCUT2D eigenvalue weighted by Gasteiger charge is -2.49. The number of nitrogens with zero attached hydrogens (tertiary/aromatic N) is 3. The van der Waals surface area contributed by atoms with E-state index in [1.165, 1.54) is 51.9 Å². The Balaban J connectivity index is 2.53. The van der Waals surface area contributed by atoms with Gasteiger partial charge in [0, 0.05) is 60.3 Å². The molecule has 23 nitrogen and oxygen atoms in total. The Morgan fingerprint density at radius 2 is 1.07 bits per heavy atom. The number of azide groups is 1. The van der Waals surface area contributed by atoms with Crippen molar-refractivity contribution in [2.75, 3.05) is 19.8 Å². The van der Waals surface area contributed by atoms with Gasteiger partial charge in [-0.3, -0.25) is 38.4 Å². The highest BCUT2D eigenvalue weighted by atomic mass is 16.8. The Bertz CT molecular complexity index is 1760. The fourth-order valence-electron chi connectivity index (χ4n) is 7.76. The minimum atomic E-state index is -1.86. The quantitative estimate of drug-likeness (QED) is 0.0187. The summed E-state index contributed by atoms with van der Waals surface area (Å²) in [7, 11) is 0. The van der Waals surface area contributed by atoms with E-state index in [9.17, 15) is 43.9 Å². The number of ether oxygens (including phenoxy) is 11. The molecule has 2 saturated heterocycles. The first-order chi connectivity index (χ1) is 32.8. The molecular formula is C46H72N4O19. The summed E-state index contributed by atoms with van der Waals surface area (Å²) in [5, 5.41) is 6.45. The van der Waals surface area contributed by atoms with Crippen LogP contribution >= 0.6 is 0 Å². The summed E-state index contributed by atoms with van der Waals surface area (Å²) in [6.07, 6.45) is 1.13. The number of hydrogen-bond donors (Lipinski definition) is 1. The van der Waals surface area contributed by atoms with Crippen molar-refractivity contribution in [3.8, 4) is 0 Å². The minimum Gasteiger partial charge on any atom is -0.463 e. The van der Waals surface area contributed by atoms with Crippen molar-refractivity contribution < 1.29 is 90.5 Å². The van der Waals surface area contributed by atoms with Crippen molar-refractivity contribution in [3.05, 3.63) is 22.6 Å². The normalized spacial score (nSPS) is 25.2. The molecule has 23 heteroatoms. The van der Waals surface area contributed by atoms with Gasteiger partial charge in [0.1, 0.15) is 49.7 Å². The summed E-state index contributed by atoms with van der Waals surface area (Å²) in [6, 6.07) is -2.69. The molecule has 0 radical (unpaired) electrons. The third-order valence-electron chi connectivity index (χ3n) is 10.6. The molecule has 0 aromatic rings. The van der Waals surface area contributed by atoms with Gasteiger partial charge >= 0.3 is 41.8 Å². The Kier molecular flexibility index (Phi) is 28.1. The highest BCUT2D eigenvalue weighted by Gasteiger charge is 2.57. The summed E-state index contributed by atoms with van der Waals surface area (Å²) in [5.41, 5.74) is 9.60. The van der Waals surface area contributed by atoms with Gasteiger partial charge in [-0.05, 0) is 24.4 Å². The van der Waals surface area contributed by atoms with Gasteiger partial charge < -0.3 is 57.4 Å². The molecule has 2 aliphatic rings. The molecule has 0 aromatic heterocycles. The van der Waals surface area contributed by atoms with Crippen LogP contribution in [0.5, 0.6) is 0 Å². The molecule has 2 rings (SSSR count). The predicted octanol–water partition coefficient (Wildman–Crippen LogP) is 5.06. The van der Waals surface area contributed by atoms with Crippen LogP contribution < -0.4 is 5.32 Å². The van der Waals surface area contributed by atoms with Gasteiger partial charge in [0.2, 0.25) is 5.91 Å². The highest BCUT2D eigenvalue weighted by molar-refractivity contribution is 5.73. The molecule has 0 aromatic carbocycles. The van der Waals surface area contributed by atoms with Gasteiger partial charge in [-0.2, -0.15) is 0 Å². The molecule has 1 amide bonds. The van der Waals surface area contributed by atoms with E-state index in [1.807, 2.05) is 6.08 Å².